The average Bonchev–Trinajstić information content (AvgIpc) is 2.56. The monoisotopic (exact) mass is 270 g/mol. The second-order valence-corrected chi connectivity index (χ2v) is 6.08. The highest BCUT2D eigenvalue weighted by Gasteiger charge is 2.38. The highest BCUT2D eigenvalue weighted by molar-refractivity contribution is 5.77. The number of hydrogen-bond donors (Lipinski definition) is 1. The van der Waals surface area contributed by atoms with Crippen molar-refractivity contribution in [3.05, 3.63) is 0 Å². The summed E-state index contributed by atoms with van der Waals surface area (Å²) in [7, 11) is 0. The molecule has 0 aromatic carbocycles. The first-order valence-electron chi connectivity index (χ1n) is 7.66. The molecule has 1 heterocycles. The lowest BCUT2D eigenvalue weighted by atomic mass is 9.97. The maximum atomic E-state index is 11.5. The van der Waals surface area contributed by atoms with Gasteiger partial charge in [0.2, 0.25) is 0 Å². The molecule has 1 aliphatic rings. The first-order chi connectivity index (χ1) is 8.93. The van der Waals surface area contributed by atoms with Crippen molar-refractivity contribution in [3.8, 4) is 0 Å². The van der Waals surface area contributed by atoms with Crippen LogP contribution in [-0.4, -0.2) is 58.6 Å². The van der Waals surface area contributed by atoms with E-state index in [1.807, 2.05) is 13.8 Å². The predicted molar refractivity (Wildman–Crippen MR) is 78.5 cm³/mol. The third-order valence-electron chi connectivity index (χ3n) is 4.35. The van der Waals surface area contributed by atoms with Gasteiger partial charge in [-0.15, -0.1) is 0 Å². The fourth-order valence-corrected chi connectivity index (χ4v) is 3.22. The maximum absolute atomic E-state index is 11.5. The molecule has 112 valence electrons. The Kier molecular flexibility index (Phi) is 6.27. The van der Waals surface area contributed by atoms with Crippen LogP contribution < -0.4 is 0 Å². The van der Waals surface area contributed by atoms with Crippen molar-refractivity contribution >= 4 is 5.97 Å². The Morgan fingerprint density at radius 3 is 2.53 bits per heavy atom. The van der Waals surface area contributed by atoms with Gasteiger partial charge in [0.1, 0.15) is 5.54 Å². The van der Waals surface area contributed by atoms with Gasteiger partial charge >= 0.3 is 5.97 Å². The van der Waals surface area contributed by atoms with Crippen LogP contribution in [0.15, 0.2) is 0 Å². The lowest BCUT2D eigenvalue weighted by Gasteiger charge is -2.40. The summed E-state index contributed by atoms with van der Waals surface area (Å²) < 4.78 is 0. The van der Waals surface area contributed by atoms with Crippen LogP contribution in [0.2, 0.25) is 0 Å². The predicted octanol–water partition coefficient (Wildman–Crippen LogP) is 2.44. The standard InChI is InChI=1S/C15H30N2O2/c1-5-10-16-11-7-8-13(9-12-16)17(6-2)15(3,4)14(18)19/h13H,5-12H2,1-4H3,(H,18,19). The summed E-state index contributed by atoms with van der Waals surface area (Å²) in [4.78, 5) is 16.2. The van der Waals surface area contributed by atoms with E-state index in [0.29, 0.717) is 6.04 Å². The Bertz CT molecular complexity index is 292. The van der Waals surface area contributed by atoms with Gasteiger partial charge in [-0.2, -0.15) is 0 Å². The van der Waals surface area contributed by atoms with Crippen molar-refractivity contribution < 1.29 is 9.90 Å². The molecule has 0 radical (unpaired) electrons. The molecule has 1 fully saturated rings. The molecule has 1 atom stereocenters. The van der Waals surface area contributed by atoms with Crippen LogP contribution in [0.3, 0.4) is 0 Å². The van der Waals surface area contributed by atoms with Gasteiger partial charge in [-0.25, -0.2) is 0 Å². The number of carboxylic acid groups (broad SMARTS) is 1. The van der Waals surface area contributed by atoms with Crippen LogP contribution in [0.25, 0.3) is 0 Å². The molecule has 1 rings (SSSR count). The van der Waals surface area contributed by atoms with E-state index in [1.165, 1.54) is 19.4 Å². The molecule has 0 saturated carbocycles. The molecular weight excluding hydrogens is 240 g/mol. The van der Waals surface area contributed by atoms with E-state index in [4.69, 9.17) is 0 Å². The molecule has 1 aliphatic heterocycles. The number of likely N-dealkylation sites (tertiary alicyclic amines) is 1. The fraction of sp³-hybridized carbons (Fsp3) is 0.933. The minimum absolute atomic E-state index is 0.401. The van der Waals surface area contributed by atoms with Crippen LogP contribution in [0.5, 0.6) is 0 Å². The largest absolute Gasteiger partial charge is 0.480 e. The van der Waals surface area contributed by atoms with E-state index < -0.39 is 11.5 Å². The van der Waals surface area contributed by atoms with E-state index in [9.17, 15) is 9.90 Å². The highest BCUT2D eigenvalue weighted by Crippen LogP contribution is 2.25. The van der Waals surface area contributed by atoms with Crippen LogP contribution in [0.4, 0.5) is 0 Å². The molecule has 0 amide bonds. The van der Waals surface area contributed by atoms with Crippen molar-refractivity contribution in [1.29, 1.82) is 0 Å². The summed E-state index contributed by atoms with van der Waals surface area (Å²) in [6, 6.07) is 0.401. The first-order valence-corrected chi connectivity index (χ1v) is 7.66. The number of likely N-dealkylation sites (N-methyl/N-ethyl adjacent to an activating group) is 1. The molecule has 0 aromatic rings. The molecule has 4 heteroatoms. The molecule has 19 heavy (non-hydrogen) atoms. The lowest BCUT2D eigenvalue weighted by molar-refractivity contribution is -0.151. The molecule has 0 aromatic heterocycles. The van der Waals surface area contributed by atoms with Gasteiger partial charge in [0.25, 0.3) is 0 Å². The fourth-order valence-electron chi connectivity index (χ4n) is 3.22. The topological polar surface area (TPSA) is 43.8 Å². The van der Waals surface area contributed by atoms with Gasteiger partial charge in [0, 0.05) is 6.04 Å². The van der Waals surface area contributed by atoms with Crippen molar-refractivity contribution in [2.24, 2.45) is 0 Å². The van der Waals surface area contributed by atoms with Crippen molar-refractivity contribution in [1.82, 2.24) is 9.80 Å². The molecule has 1 N–H and O–H groups in total. The number of rotatable bonds is 6. The summed E-state index contributed by atoms with van der Waals surface area (Å²) in [6.07, 6.45) is 4.58. The van der Waals surface area contributed by atoms with Crippen LogP contribution in [0.1, 0.15) is 53.4 Å². The molecule has 0 bridgehead atoms. The molecule has 0 aliphatic carbocycles. The second-order valence-electron chi connectivity index (χ2n) is 6.08. The van der Waals surface area contributed by atoms with Crippen molar-refractivity contribution in [2.75, 3.05) is 26.2 Å². The smallest absolute Gasteiger partial charge is 0.323 e. The second kappa shape index (κ2) is 7.25. The summed E-state index contributed by atoms with van der Waals surface area (Å²) >= 11 is 0. The van der Waals surface area contributed by atoms with Crippen LogP contribution in [0, 0.1) is 0 Å². The quantitative estimate of drug-likeness (QED) is 0.805. The Hall–Kier alpha value is -0.610. The van der Waals surface area contributed by atoms with E-state index in [2.05, 4.69) is 23.6 Å². The summed E-state index contributed by atoms with van der Waals surface area (Å²) in [5, 5.41) is 9.43. The Balaban J connectivity index is 2.69. The van der Waals surface area contributed by atoms with Gasteiger partial charge < -0.3 is 10.0 Å². The van der Waals surface area contributed by atoms with Gasteiger partial charge in [-0.05, 0) is 65.7 Å². The highest BCUT2D eigenvalue weighted by atomic mass is 16.4. The molecule has 1 unspecified atom stereocenters. The van der Waals surface area contributed by atoms with Crippen LogP contribution >= 0.6 is 0 Å². The summed E-state index contributed by atoms with van der Waals surface area (Å²) in [5.74, 6) is -0.719. The number of carboxylic acids is 1. The summed E-state index contributed by atoms with van der Waals surface area (Å²) in [6.45, 7) is 12.2. The Labute approximate surface area is 117 Å². The van der Waals surface area contributed by atoms with Crippen molar-refractivity contribution in [3.63, 3.8) is 0 Å². The van der Waals surface area contributed by atoms with E-state index in [1.54, 1.807) is 0 Å². The normalized spacial score (nSPS) is 22.5. The average molecular weight is 270 g/mol. The first kappa shape index (κ1) is 16.4. The van der Waals surface area contributed by atoms with Gasteiger partial charge in [-0.3, -0.25) is 9.69 Å². The van der Waals surface area contributed by atoms with Crippen LogP contribution in [-0.2, 0) is 4.79 Å². The van der Waals surface area contributed by atoms with Crippen molar-refractivity contribution in [2.45, 2.75) is 65.0 Å². The molecule has 4 nitrogen and oxygen atoms in total. The van der Waals surface area contributed by atoms with Gasteiger partial charge in [-0.1, -0.05) is 13.8 Å². The zero-order chi connectivity index (χ0) is 14.5. The van der Waals surface area contributed by atoms with E-state index in [-0.39, 0.29) is 0 Å². The zero-order valence-corrected chi connectivity index (χ0v) is 13.0. The number of aliphatic carboxylic acids is 1. The minimum atomic E-state index is -0.765. The lowest BCUT2D eigenvalue weighted by Crippen LogP contribution is -2.54. The van der Waals surface area contributed by atoms with Gasteiger partial charge in [0.15, 0.2) is 0 Å². The van der Waals surface area contributed by atoms with E-state index in [0.717, 1.165) is 32.5 Å². The number of nitrogens with zero attached hydrogens (tertiary/aromatic N) is 2. The molecular formula is C15H30N2O2. The third kappa shape index (κ3) is 4.18. The SMILES string of the molecule is CCCN1CCCC(N(CC)C(C)(C)C(=O)O)CC1. The maximum Gasteiger partial charge on any atom is 0.323 e. The Morgan fingerprint density at radius 2 is 2.00 bits per heavy atom. The minimum Gasteiger partial charge on any atom is -0.480 e. The molecule has 1 saturated heterocycles. The van der Waals surface area contributed by atoms with E-state index >= 15 is 0 Å². The molecule has 0 spiro atoms. The summed E-state index contributed by atoms with van der Waals surface area (Å²) in [5.41, 5.74) is -0.765. The van der Waals surface area contributed by atoms with Gasteiger partial charge in [0.05, 0.1) is 0 Å². The zero-order valence-electron chi connectivity index (χ0n) is 13.0. The number of carbonyl (C=O) groups is 1. The Morgan fingerprint density at radius 1 is 1.32 bits per heavy atom. The number of hydrogen-bond acceptors (Lipinski definition) is 3. The third-order valence-corrected chi connectivity index (χ3v) is 4.35.